The number of hydrogen-bond acceptors (Lipinski definition) is 6. The Morgan fingerprint density at radius 3 is 2.18 bits per heavy atom. The van der Waals surface area contributed by atoms with E-state index in [-0.39, 0.29) is 5.84 Å². The van der Waals surface area contributed by atoms with Gasteiger partial charge < -0.3 is 15.2 Å². The second-order valence-corrected chi connectivity index (χ2v) is 5.67. The molecule has 22 heavy (non-hydrogen) atoms. The fourth-order valence-corrected chi connectivity index (χ4v) is 3.78. The molecule has 1 heterocycles. The molecule has 6 heteroatoms. The number of nitrogens with zero attached hydrogens (tertiary/aromatic N) is 3. The molecule has 112 valence electrons. The molecule has 1 fully saturated rings. The summed E-state index contributed by atoms with van der Waals surface area (Å²) in [6.07, 6.45) is 0. The summed E-state index contributed by atoms with van der Waals surface area (Å²) in [5.74, 6) is -1.91. The standard InChI is InChI=1S/C16H16N4O2/c1-10-4-6-11(7-5-10)12-14(8-17)13(19)20-16(21-2,22-3)15(12,14)9-18/h4-7,12H,1-3H3,(H2,19,20)/t12-,14+,15+/m1/s1. The van der Waals surface area contributed by atoms with Gasteiger partial charge in [0.2, 0.25) is 0 Å². The zero-order chi connectivity index (χ0) is 16.2. The number of aryl methyl sites for hydroxylation is 1. The van der Waals surface area contributed by atoms with Gasteiger partial charge in [-0.2, -0.15) is 10.5 Å². The van der Waals surface area contributed by atoms with Gasteiger partial charge in [-0.25, -0.2) is 4.99 Å². The summed E-state index contributed by atoms with van der Waals surface area (Å²) in [6, 6.07) is 12.1. The molecule has 0 amide bonds. The van der Waals surface area contributed by atoms with Crippen LogP contribution in [0, 0.1) is 40.4 Å². The summed E-state index contributed by atoms with van der Waals surface area (Å²) in [5.41, 5.74) is 5.47. The van der Waals surface area contributed by atoms with Crippen molar-refractivity contribution in [2.45, 2.75) is 18.8 Å². The molecule has 0 aromatic heterocycles. The van der Waals surface area contributed by atoms with Crippen molar-refractivity contribution in [2.75, 3.05) is 14.2 Å². The van der Waals surface area contributed by atoms with Crippen LogP contribution in [0.2, 0.25) is 0 Å². The average Bonchev–Trinajstić information content (AvgIpc) is 3.11. The van der Waals surface area contributed by atoms with E-state index in [1.165, 1.54) is 14.2 Å². The van der Waals surface area contributed by atoms with E-state index < -0.39 is 22.7 Å². The van der Waals surface area contributed by atoms with Crippen molar-refractivity contribution in [3.63, 3.8) is 0 Å². The van der Waals surface area contributed by atoms with Crippen LogP contribution in [-0.2, 0) is 9.47 Å². The third-order valence-electron chi connectivity index (χ3n) is 4.89. The third kappa shape index (κ3) is 1.24. The number of fused-ring (bicyclic) bond motifs is 1. The van der Waals surface area contributed by atoms with Crippen LogP contribution < -0.4 is 5.73 Å². The van der Waals surface area contributed by atoms with Crippen molar-refractivity contribution < 1.29 is 9.47 Å². The van der Waals surface area contributed by atoms with Gasteiger partial charge in [-0.15, -0.1) is 0 Å². The van der Waals surface area contributed by atoms with Crippen LogP contribution in [0.25, 0.3) is 0 Å². The van der Waals surface area contributed by atoms with E-state index in [0.717, 1.165) is 11.1 Å². The highest BCUT2D eigenvalue weighted by Crippen LogP contribution is 2.81. The first kappa shape index (κ1) is 14.5. The molecule has 2 N–H and O–H groups in total. The Morgan fingerprint density at radius 2 is 1.73 bits per heavy atom. The molecule has 1 aliphatic carbocycles. The number of ether oxygens (including phenoxy) is 2. The number of rotatable bonds is 3. The molecule has 1 aliphatic heterocycles. The van der Waals surface area contributed by atoms with Gasteiger partial charge in [0.15, 0.2) is 5.41 Å². The van der Waals surface area contributed by atoms with Crippen LogP contribution in [-0.4, -0.2) is 26.0 Å². The second-order valence-electron chi connectivity index (χ2n) is 5.67. The topological polar surface area (TPSA) is 104 Å². The van der Waals surface area contributed by atoms with Gasteiger partial charge in [0.25, 0.3) is 5.91 Å². The molecular formula is C16H16N4O2. The second kappa shape index (κ2) is 4.30. The molecule has 3 atom stereocenters. The van der Waals surface area contributed by atoms with Crippen LogP contribution in [0.5, 0.6) is 0 Å². The van der Waals surface area contributed by atoms with Crippen LogP contribution in [0.3, 0.4) is 0 Å². The fourth-order valence-electron chi connectivity index (χ4n) is 3.78. The SMILES string of the molecule is COC1(OC)N=C(N)[C@]2(C#N)[C@@H](c3ccc(C)cc3)[C@]12C#N. The Morgan fingerprint density at radius 1 is 1.14 bits per heavy atom. The summed E-state index contributed by atoms with van der Waals surface area (Å²) in [7, 11) is 2.80. The molecule has 2 aliphatic rings. The first-order valence-electron chi connectivity index (χ1n) is 6.85. The highest BCUT2D eigenvalue weighted by Gasteiger charge is 2.93. The van der Waals surface area contributed by atoms with E-state index in [0.29, 0.717) is 0 Å². The van der Waals surface area contributed by atoms with Crippen LogP contribution >= 0.6 is 0 Å². The quantitative estimate of drug-likeness (QED) is 0.849. The zero-order valence-corrected chi connectivity index (χ0v) is 12.6. The molecule has 1 aromatic rings. The Kier molecular flexibility index (Phi) is 2.84. The maximum atomic E-state index is 9.88. The Hall–Kier alpha value is -2.41. The summed E-state index contributed by atoms with van der Waals surface area (Å²) in [5, 5.41) is 19.6. The lowest BCUT2D eigenvalue weighted by Crippen LogP contribution is -2.41. The van der Waals surface area contributed by atoms with Crippen molar-refractivity contribution in [1.29, 1.82) is 10.5 Å². The lowest BCUT2D eigenvalue weighted by molar-refractivity contribution is -0.230. The van der Waals surface area contributed by atoms with Crippen molar-refractivity contribution in [2.24, 2.45) is 21.6 Å². The molecule has 0 saturated heterocycles. The summed E-state index contributed by atoms with van der Waals surface area (Å²) >= 11 is 0. The maximum absolute atomic E-state index is 9.88. The average molecular weight is 296 g/mol. The third-order valence-corrected chi connectivity index (χ3v) is 4.89. The monoisotopic (exact) mass is 296 g/mol. The van der Waals surface area contributed by atoms with Gasteiger partial charge in [-0.05, 0) is 12.5 Å². The highest BCUT2D eigenvalue weighted by molar-refractivity contribution is 6.00. The minimum atomic E-state index is -1.56. The van der Waals surface area contributed by atoms with E-state index in [9.17, 15) is 10.5 Å². The number of amidine groups is 1. The number of nitriles is 2. The van der Waals surface area contributed by atoms with Gasteiger partial charge in [-0.1, -0.05) is 29.8 Å². The highest BCUT2D eigenvalue weighted by atomic mass is 16.7. The molecule has 0 unspecified atom stereocenters. The number of hydrogen-bond donors (Lipinski definition) is 1. The van der Waals surface area contributed by atoms with E-state index in [4.69, 9.17) is 15.2 Å². The zero-order valence-electron chi connectivity index (χ0n) is 12.6. The molecule has 1 saturated carbocycles. The van der Waals surface area contributed by atoms with Crippen LogP contribution in [0.15, 0.2) is 29.3 Å². The van der Waals surface area contributed by atoms with Gasteiger partial charge in [-0.3, -0.25) is 0 Å². The van der Waals surface area contributed by atoms with E-state index >= 15 is 0 Å². The molecule has 0 bridgehead atoms. The van der Waals surface area contributed by atoms with E-state index in [1.807, 2.05) is 31.2 Å². The number of benzene rings is 1. The minimum Gasteiger partial charge on any atom is -0.386 e. The molecule has 0 radical (unpaired) electrons. The Labute approximate surface area is 128 Å². The van der Waals surface area contributed by atoms with Crippen LogP contribution in [0.1, 0.15) is 17.0 Å². The minimum absolute atomic E-state index is 0.0887. The van der Waals surface area contributed by atoms with E-state index in [1.54, 1.807) is 0 Å². The molecule has 6 nitrogen and oxygen atoms in total. The summed E-state index contributed by atoms with van der Waals surface area (Å²) < 4.78 is 10.8. The Balaban J connectivity index is 2.23. The predicted octanol–water partition coefficient (Wildman–Crippen LogP) is 1.43. The van der Waals surface area contributed by atoms with Gasteiger partial charge >= 0.3 is 0 Å². The molecule has 3 rings (SSSR count). The lowest BCUT2D eigenvalue weighted by atomic mass is 9.93. The van der Waals surface area contributed by atoms with Gasteiger partial charge in [0.05, 0.1) is 12.1 Å². The predicted molar refractivity (Wildman–Crippen MR) is 78.4 cm³/mol. The first-order chi connectivity index (χ1) is 10.5. The van der Waals surface area contributed by atoms with Crippen LogP contribution in [0.4, 0.5) is 0 Å². The fraction of sp³-hybridized carbons (Fsp3) is 0.438. The summed E-state index contributed by atoms with van der Waals surface area (Å²) in [6.45, 7) is 1.97. The maximum Gasteiger partial charge on any atom is 0.292 e. The smallest absolute Gasteiger partial charge is 0.292 e. The number of methoxy groups -OCH3 is 2. The van der Waals surface area contributed by atoms with Gasteiger partial charge in [0.1, 0.15) is 11.3 Å². The van der Waals surface area contributed by atoms with Crippen molar-refractivity contribution in [3.05, 3.63) is 35.4 Å². The molecular weight excluding hydrogens is 280 g/mol. The largest absolute Gasteiger partial charge is 0.386 e. The normalized spacial score (nSPS) is 34.2. The Bertz CT molecular complexity index is 739. The molecule has 0 spiro atoms. The van der Waals surface area contributed by atoms with E-state index in [2.05, 4.69) is 17.1 Å². The molecule has 1 aromatic carbocycles. The first-order valence-corrected chi connectivity index (χ1v) is 6.85. The van der Waals surface area contributed by atoms with Crippen molar-refractivity contribution >= 4 is 5.84 Å². The number of aliphatic imine (C=N–C) groups is 1. The lowest BCUT2D eigenvalue weighted by Gasteiger charge is -2.29. The van der Waals surface area contributed by atoms with Crippen molar-refractivity contribution in [3.8, 4) is 12.1 Å². The summed E-state index contributed by atoms with van der Waals surface area (Å²) in [4.78, 5) is 4.17. The van der Waals surface area contributed by atoms with Gasteiger partial charge in [0, 0.05) is 20.1 Å². The number of nitrogens with two attached hydrogens (primary N) is 1. The van der Waals surface area contributed by atoms with Crippen molar-refractivity contribution in [1.82, 2.24) is 0 Å².